The first-order valence-electron chi connectivity index (χ1n) is 5.28. The van der Waals surface area contributed by atoms with Crippen LogP contribution in [-0.4, -0.2) is 41.4 Å². The number of aromatic amines is 1. The van der Waals surface area contributed by atoms with Gasteiger partial charge in [0.2, 0.25) is 5.82 Å². The highest BCUT2D eigenvalue weighted by Crippen LogP contribution is 2.17. The molecule has 0 saturated carbocycles. The van der Waals surface area contributed by atoms with Crippen LogP contribution in [0.1, 0.15) is 0 Å². The highest BCUT2D eigenvalue weighted by atomic mass is 16.5. The summed E-state index contributed by atoms with van der Waals surface area (Å²) in [5.74, 6) is 1.12. The minimum atomic E-state index is 0.331. The maximum absolute atomic E-state index is 5.46. The number of aromatic nitrogens is 7. The summed E-state index contributed by atoms with van der Waals surface area (Å²) in [6.45, 7) is 1.24. The van der Waals surface area contributed by atoms with Crippen molar-refractivity contribution in [2.75, 3.05) is 6.54 Å². The molecule has 0 unspecified atom stereocenters. The molecule has 0 fully saturated rings. The van der Waals surface area contributed by atoms with Crippen molar-refractivity contribution in [2.45, 2.75) is 6.54 Å². The Morgan fingerprint density at radius 1 is 1.39 bits per heavy atom. The van der Waals surface area contributed by atoms with Gasteiger partial charge in [-0.15, -0.1) is 0 Å². The first-order valence-corrected chi connectivity index (χ1v) is 5.28. The summed E-state index contributed by atoms with van der Waals surface area (Å²) in [7, 11) is 0. The van der Waals surface area contributed by atoms with E-state index >= 15 is 0 Å². The fourth-order valence-corrected chi connectivity index (χ4v) is 1.48. The van der Waals surface area contributed by atoms with Gasteiger partial charge in [-0.1, -0.05) is 5.16 Å². The van der Waals surface area contributed by atoms with Gasteiger partial charge in [0, 0.05) is 19.3 Å². The third kappa shape index (κ3) is 1.86. The molecule has 0 aliphatic heterocycles. The molecule has 0 amide bonds. The molecule has 0 aliphatic rings. The third-order valence-electron chi connectivity index (χ3n) is 2.29. The molecule has 0 spiro atoms. The van der Waals surface area contributed by atoms with Gasteiger partial charge in [-0.3, -0.25) is 5.10 Å². The lowest BCUT2D eigenvalue weighted by atomic mass is 10.4. The van der Waals surface area contributed by atoms with Gasteiger partial charge < -0.3 is 14.8 Å². The molecule has 3 aromatic heterocycles. The molecule has 3 rings (SSSR count). The first-order chi connectivity index (χ1) is 8.86. The van der Waals surface area contributed by atoms with Crippen LogP contribution in [0.4, 0.5) is 0 Å². The monoisotopic (exact) mass is 246 g/mol. The number of hydrogen-bond acceptors (Lipinski definition) is 7. The normalized spacial score (nSPS) is 10.9. The van der Waals surface area contributed by atoms with E-state index in [0.717, 1.165) is 0 Å². The summed E-state index contributed by atoms with van der Waals surface area (Å²) in [5, 5.41) is 10.2. The van der Waals surface area contributed by atoms with Crippen molar-refractivity contribution in [1.29, 1.82) is 0 Å². The molecule has 18 heavy (non-hydrogen) atoms. The fraction of sp³-hybridized carbons (Fsp3) is 0.222. The van der Waals surface area contributed by atoms with Crippen LogP contribution in [0.3, 0.4) is 0 Å². The zero-order valence-electron chi connectivity index (χ0n) is 9.32. The molecule has 0 radical (unpaired) electrons. The number of nitrogens with zero attached hydrogens (tertiary/aromatic N) is 6. The second kappa shape index (κ2) is 4.37. The zero-order valence-corrected chi connectivity index (χ0v) is 9.32. The summed E-state index contributed by atoms with van der Waals surface area (Å²) >= 11 is 0. The van der Waals surface area contributed by atoms with E-state index in [0.29, 0.717) is 36.3 Å². The predicted octanol–water partition coefficient (Wildman–Crippen LogP) is -0.323. The van der Waals surface area contributed by atoms with Gasteiger partial charge in [0.05, 0.1) is 6.33 Å². The van der Waals surface area contributed by atoms with Crippen molar-refractivity contribution < 1.29 is 4.52 Å². The Balaban J connectivity index is 1.88. The van der Waals surface area contributed by atoms with Crippen molar-refractivity contribution >= 4 is 0 Å². The van der Waals surface area contributed by atoms with E-state index in [-0.39, 0.29) is 0 Å². The molecule has 0 atom stereocenters. The lowest BCUT2D eigenvalue weighted by Gasteiger charge is -1.94. The summed E-state index contributed by atoms with van der Waals surface area (Å²) in [4.78, 5) is 12.3. The molecule has 0 saturated heterocycles. The highest BCUT2D eigenvalue weighted by Gasteiger charge is 2.14. The van der Waals surface area contributed by atoms with Gasteiger partial charge in [0.25, 0.3) is 5.89 Å². The number of hydrogen-bond donors (Lipinski definition) is 2. The van der Waals surface area contributed by atoms with Crippen molar-refractivity contribution in [2.24, 2.45) is 5.73 Å². The van der Waals surface area contributed by atoms with Crippen LogP contribution in [0.5, 0.6) is 0 Å². The standard InChI is InChI=1S/C9H10N8O/c10-1-2-17-3-6(12-5-17)9-14-8(16-18-9)7-11-4-13-15-7/h3-5H,1-2,10H2,(H,11,13,15). The molecule has 9 nitrogen and oxygen atoms in total. The second-order valence-corrected chi connectivity index (χ2v) is 3.54. The summed E-state index contributed by atoms with van der Waals surface area (Å²) < 4.78 is 6.96. The first kappa shape index (κ1) is 10.6. The van der Waals surface area contributed by atoms with Crippen LogP contribution < -0.4 is 5.73 Å². The second-order valence-electron chi connectivity index (χ2n) is 3.54. The van der Waals surface area contributed by atoms with Crippen LogP contribution in [0.2, 0.25) is 0 Å². The minimum absolute atomic E-state index is 0.331. The van der Waals surface area contributed by atoms with Gasteiger partial charge in [-0.25, -0.2) is 9.97 Å². The Kier molecular flexibility index (Phi) is 2.57. The van der Waals surface area contributed by atoms with E-state index in [1.807, 2.05) is 4.57 Å². The molecule has 0 aromatic carbocycles. The van der Waals surface area contributed by atoms with Gasteiger partial charge in [0.15, 0.2) is 5.82 Å². The Morgan fingerprint density at radius 3 is 3.11 bits per heavy atom. The molecule has 0 aliphatic carbocycles. The predicted molar refractivity (Wildman–Crippen MR) is 60.0 cm³/mol. The number of nitrogens with two attached hydrogens (primary N) is 1. The molecule has 3 N–H and O–H groups in total. The van der Waals surface area contributed by atoms with Crippen molar-refractivity contribution in [3.8, 4) is 23.2 Å². The van der Waals surface area contributed by atoms with E-state index in [2.05, 4.69) is 30.3 Å². The highest BCUT2D eigenvalue weighted by molar-refractivity contribution is 5.50. The summed E-state index contributed by atoms with van der Waals surface area (Å²) in [5.41, 5.74) is 6.06. The van der Waals surface area contributed by atoms with Crippen LogP contribution in [0, 0.1) is 0 Å². The molecular formula is C9H10N8O. The van der Waals surface area contributed by atoms with E-state index in [1.54, 1.807) is 12.5 Å². The van der Waals surface area contributed by atoms with Crippen molar-refractivity contribution in [3.05, 3.63) is 18.9 Å². The van der Waals surface area contributed by atoms with Crippen LogP contribution in [-0.2, 0) is 6.54 Å². The fourth-order valence-electron chi connectivity index (χ4n) is 1.48. The molecule has 3 heterocycles. The van der Waals surface area contributed by atoms with E-state index < -0.39 is 0 Å². The Hall–Kier alpha value is -2.55. The molecule has 92 valence electrons. The van der Waals surface area contributed by atoms with Gasteiger partial charge >= 0.3 is 0 Å². The quantitative estimate of drug-likeness (QED) is 0.646. The lowest BCUT2D eigenvalue weighted by molar-refractivity contribution is 0.430. The molecule has 9 heteroatoms. The summed E-state index contributed by atoms with van der Waals surface area (Å²) in [6, 6.07) is 0. The van der Waals surface area contributed by atoms with Crippen LogP contribution in [0.25, 0.3) is 23.2 Å². The molecule has 0 bridgehead atoms. The summed E-state index contributed by atoms with van der Waals surface area (Å²) in [6.07, 6.45) is 4.84. The van der Waals surface area contributed by atoms with E-state index in [4.69, 9.17) is 10.3 Å². The largest absolute Gasteiger partial charge is 0.335 e. The van der Waals surface area contributed by atoms with E-state index in [9.17, 15) is 0 Å². The molecular weight excluding hydrogens is 236 g/mol. The zero-order chi connectivity index (χ0) is 12.4. The van der Waals surface area contributed by atoms with E-state index in [1.165, 1.54) is 6.33 Å². The van der Waals surface area contributed by atoms with Crippen LogP contribution >= 0.6 is 0 Å². The Morgan fingerprint density at radius 2 is 2.33 bits per heavy atom. The number of imidazole rings is 1. The van der Waals surface area contributed by atoms with Crippen LogP contribution in [0.15, 0.2) is 23.4 Å². The lowest BCUT2D eigenvalue weighted by Crippen LogP contribution is -2.07. The minimum Gasteiger partial charge on any atom is -0.335 e. The Labute approximate surface area is 101 Å². The number of nitrogens with one attached hydrogen (secondary N) is 1. The maximum atomic E-state index is 5.46. The SMILES string of the molecule is NCCn1cnc(-c2nc(-c3ncn[nH]3)no2)c1. The number of rotatable bonds is 4. The number of H-pyrrole nitrogens is 1. The van der Waals surface area contributed by atoms with Gasteiger partial charge in [-0.2, -0.15) is 10.1 Å². The van der Waals surface area contributed by atoms with Gasteiger partial charge in [-0.05, 0) is 0 Å². The van der Waals surface area contributed by atoms with Crippen molar-refractivity contribution in [1.82, 2.24) is 34.9 Å². The smallest absolute Gasteiger partial charge is 0.278 e. The van der Waals surface area contributed by atoms with Gasteiger partial charge in [0.1, 0.15) is 12.0 Å². The maximum Gasteiger partial charge on any atom is 0.278 e. The molecule has 3 aromatic rings. The average molecular weight is 246 g/mol. The Bertz CT molecular complexity index is 625. The topological polar surface area (TPSA) is 124 Å². The van der Waals surface area contributed by atoms with Crippen molar-refractivity contribution in [3.63, 3.8) is 0 Å². The average Bonchev–Trinajstić information content (AvgIpc) is 3.10. The third-order valence-corrected chi connectivity index (χ3v) is 2.29.